The molecule has 0 aromatic heterocycles. The van der Waals surface area contributed by atoms with Gasteiger partial charge in [0.05, 0.1) is 6.26 Å². The Bertz CT molecular complexity index is 558. The number of carbonyl (C=O) groups is 1. The molecule has 0 radical (unpaired) electrons. The van der Waals surface area contributed by atoms with Crippen molar-refractivity contribution < 1.29 is 13.2 Å². The van der Waals surface area contributed by atoms with Gasteiger partial charge < -0.3 is 5.32 Å². The van der Waals surface area contributed by atoms with E-state index in [1.165, 1.54) is 0 Å². The average Bonchev–Trinajstić information content (AvgIpc) is 2.33. The number of halogens is 1. The van der Waals surface area contributed by atoms with Crippen LogP contribution in [-0.4, -0.2) is 32.7 Å². The molecule has 1 rings (SSSR count). The summed E-state index contributed by atoms with van der Waals surface area (Å²) in [5.41, 5.74) is -0.0863. The van der Waals surface area contributed by atoms with E-state index in [9.17, 15) is 13.2 Å². The van der Waals surface area contributed by atoms with Crippen LogP contribution in [0.4, 0.5) is 0 Å². The van der Waals surface area contributed by atoms with Crippen molar-refractivity contribution in [2.45, 2.75) is 24.8 Å². The number of benzene rings is 1. The molecule has 1 unspecified atom stereocenters. The first-order valence-corrected chi connectivity index (χ1v) is 8.39. The number of hydrogen-bond acceptors (Lipinski definition) is 3. The molecule has 112 valence electrons. The molecule has 2 N–H and O–H groups in total. The summed E-state index contributed by atoms with van der Waals surface area (Å²) >= 11 is 6.07. The lowest BCUT2D eigenvalue weighted by Crippen LogP contribution is -2.51. The van der Waals surface area contributed by atoms with Crippen molar-refractivity contribution in [2.24, 2.45) is 0 Å². The zero-order chi connectivity index (χ0) is 15.4. The van der Waals surface area contributed by atoms with Gasteiger partial charge in [0, 0.05) is 12.1 Å². The normalized spacial score (nSPS) is 13.8. The van der Waals surface area contributed by atoms with Gasteiger partial charge in [-0.2, -0.15) is 0 Å². The molecule has 0 bridgehead atoms. The minimum absolute atomic E-state index is 0.148. The summed E-state index contributed by atoms with van der Waals surface area (Å²) in [5.74, 6) is -0.360. The number of sulfonamides is 1. The monoisotopic (exact) mass is 318 g/mol. The first-order chi connectivity index (χ1) is 9.11. The van der Waals surface area contributed by atoms with Crippen LogP contribution in [0.25, 0.3) is 0 Å². The zero-order valence-electron chi connectivity index (χ0n) is 11.7. The molecule has 0 heterocycles. The maximum atomic E-state index is 11.9. The second-order valence-electron chi connectivity index (χ2n) is 5.25. The summed E-state index contributed by atoms with van der Waals surface area (Å²) in [6.45, 7) is 3.51. The van der Waals surface area contributed by atoms with Gasteiger partial charge in [0.1, 0.15) is 5.38 Å². The van der Waals surface area contributed by atoms with Crippen LogP contribution in [0, 0.1) is 0 Å². The van der Waals surface area contributed by atoms with Crippen LogP contribution in [-0.2, 0) is 14.8 Å². The summed E-state index contributed by atoms with van der Waals surface area (Å²) in [6.07, 6.45) is 1.07. The minimum Gasteiger partial charge on any atom is -0.353 e. The van der Waals surface area contributed by atoms with Crippen LogP contribution in [0.1, 0.15) is 24.8 Å². The Labute approximate surface area is 124 Å². The molecule has 0 saturated carbocycles. The molecule has 5 nitrogen and oxygen atoms in total. The molecule has 0 spiro atoms. The Balaban J connectivity index is 2.59. The maximum absolute atomic E-state index is 11.9. The van der Waals surface area contributed by atoms with Gasteiger partial charge >= 0.3 is 0 Å². The van der Waals surface area contributed by atoms with E-state index >= 15 is 0 Å². The van der Waals surface area contributed by atoms with Crippen molar-refractivity contribution in [1.29, 1.82) is 0 Å². The molecule has 7 heteroatoms. The third-order valence-corrected chi connectivity index (χ3v) is 3.86. The van der Waals surface area contributed by atoms with Gasteiger partial charge in [-0.3, -0.25) is 4.79 Å². The van der Waals surface area contributed by atoms with Crippen LogP contribution in [0.5, 0.6) is 0 Å². The molecule has 1 amide bonds. The summed E-state index contributed by atoms with van der Waals surface area (Å²) in [4.78, 5) is 11.9. The summed E-state index contributed by atoms with van der Waals surface area (Å²) in [6, 6.07) is 8.96. The Morgan fingerprint density at radius 2 is 1.85 bits per heavy atom. The molecule has 0 aliphatic carbocycles. The lowest BCUT2D eigenvalue weighted by atomic mass is 10.1. The van der Waals surface area contributed by atoms with Gasteiger partial charge in [-0.15, -0.1) is 11.6 Å². The van der Waals surface area contributed by atoms with Crippen LogP contribution < -0.4 is 10.0 Å². The highest BCUT2D eigenvalue weighted by molar-refractivity contribution is 7.88. The first-order valence-electron chi connectivity index (χ1n) is 6.06. The van der Waals surface area contributed by atoms with Crippen molar-refractivity contribution >= 4 is 27.5 Å². The van der Waals surface area contributed by atoms with E-state index < -0.39 is 20.9 Å². The van der Waals surface area contributed by atoms with Crippen LogP contribution >= 0.6 is 11.6 Å². The number of nitrogens with one attached hydrogen (secondary N) is 2. The topological polar surface area (TPSA) is 75.3 Å². The zero-order valence-corrected chi connectivity index (χ0v) is 13.3. The SMILES string of the molecule is CC(C)(CNC(=O)C(Cl)c1ccccc1)NS(C)(=O)=O. The fourth-order valence-electron chi connectivity index (χ4n) is 1.71. The fraction of sp³-hybridized carbons (Fsp3) is 0.462. The maximum Gasteiger partial charge on any atom is 0.242 e. The summed E-state index contributed by atoms with van der Waals surface area (Å²) in [7, 11) is -3.34. The number of carbonyl (C=O) groups excluding carboxylic acids is 1. The average molecular weight is 319 g/mol. The molecular weight excluding hydrogens is 300 g/mol. The van der Waals surface area contributed by atoms with Crippen LogP contribution in [0.15, 0.2) is 30.3 Å². The molecule has 1 aromatic rings. The second kappa shape index (κ2) is 6.56. The molecule has 0 aliphatic heterocycles. The van der Waals surface area contributed by atoms with E-state index in [1.54, 1.807) is 38.1 Å². The predicted molar refractivity (Wildman–Crippen MR) is 80.1 cm³/mol. The third-order valence-electron chi connectivity index (χ3n) is 2.49. The van der Waals surface area contributed by atoms with Gasteiger partial charge in [-0.05, 0) is 19.4 Å². The number of hydrogen-bond donors (Lipinski definition) is 2. The van der Waals surface area contributed by atoms with E-state index in [1.807, 2.05) is 6.07 Å². The van der Waals surface area contributed by atoms with E-state index in [0.29, 0.717) is 5.56 Å². The highest BCUT2D eigenvalue weighted by Crippen LogP contribution is 2.20. The predicted octanol–water partition coefficient (Wildman–Crippen LogP) is 1.41. The van der Waals surface area contributed by atoms with Gasteiger partial charge in [0.15, 0.2) is 0 Å². The van der Waals surface area contributed by atoms with Crippen LogP contribution in [0.3, 0.4) is 0 Å². The van der Waals surface area contributed by atoms with Gasteiger partial charge in [0.2, 0.25) is 15.9 Å². The van der Waals surface area contributed by atoms with Crippen molar-refractivity contribution in [3.05, 3.63) is 35.9 Å². The Kier molecular flexibility index (Phi) is 5.56. The lowest BCUT2D eigenvalue weighted by molar-refractivity contribution is -0.121. The lowest BCUT2D eigenvalue weighted by Gasteiger charge is -2.25. The van der Waals surface area contributed by atoms with Gasteiger partial charge in [0.25, 0.3) is 0 Å². The Hall–Kier alpha value is -1.11. The fourth-order valence-corrected chi connectivity index (χ4v) is 3.01. The van der Waals surface area contributed by atoms with Crippen molar-refractivity contribution in [2.75, 3.05) is 12.8 Å². The Morgan fingerprint density at radius 1 is 1.30 bits per heavy atom. The number of rotatable bonds is 6. The first kappa shape index (κ1) is 16.9. The van der Waals surface area contributed by atoms with Gasteiger partial charge in [-0.1, -0.05) is 30.3 Å². The third kappa shape index (κ3) is 5.90. The largest absolute Gasteiger partial charge is 0.353 e. The van der Waals surface area contributed by atoms with E-state index in [2.05, 4.69) is 10.0 Å². The molecule has 0 fully saturated rings. The number of alkyl halides is 1. The van der Waals surface area contributed by atoms with E-state index in [4.69, 9.17) is 11.6 Å². The minimum atomic E-state index is -3.34. The van der Waals surface area contributed by atoms with Crippen molar-refractivity contribution in [3.63, 3.8) is 0 Å². The molecular formula is C13H19ClN2O3S. The molecule has 0 aliphatic rings. The quantitative estimate of drug-likeness (QED) is 0.779. The Morgan fingerprint density at radius 3 is 2.35 bits per heavy atom. The summed E-state index contributed by atoms with van der Waals surface area (Å²) < 4.78 is 24.8. The highest BCUT2D eigenvalue weighted by Gasteiger charge is 2.25. The molecule has 0 saturated heterocycles. The van der Waals surface area contributed by atoms with Crippen molar-refractivity contribution in [1.82, 2.24) is 10.0 Å². The molecule has 1 atom stereocenters. The highest BCUT2D eigenvalue weighted by atomic mass is 35.5. The van der Waals surface area contributed by atoms with Crippen molar-refractivity contribution in [3.8, 4) is 0 Å². The van der Waals surface area contributed by atoms with E-state index in [0.717, 1.165) is 6.26 Å². The summed E-state index contributed by atoms with van der Waals surface area (Å²) in [5, 5.41) is 1.85. The molecule has 1 aromatic carbocycles. The number of amides is 1. The molecule has 20 heavy (non-hydrogen) atoms. The van der Waals surface area contributed by atoms with Gasteiger partial charge in [-0.25, -0.2) is 13.1 Å². The smallest absolute Gasteiger partial charge is 0.242 e. The van der Waals surface area contributed by atoms with E-state index in [-0.39, 0.29) is 12.5 Å². The van der Waals surface area contributed by atoms with Crippen LogP contribution in [0.2, 0.25) is 0 Å². The standard InChI is InChI=1S/C13H19ClN2O3S/c1-13(2,16-20(3,18)19)9-15-12(17)11(14)10-7-5-4-6-8-10/h4-8,11,16H,9H2,1-3H3,(H,15,17). The second-order valence-corrected chi connectivity index (χ2v) is 7.43.